The number of imidazole rings is 1. The number of halogens is 1. The minimum atomic E-state index is -0.419. The highest BCUT2D eigenvalue weighted by Gasteiger charge is 2.09. The van der Waals surface area contributed by atoms with Gasteiger partial charge in [0.05, 0.1) is 13.3 Å². The summed E-state index contributed by atoms with van der Waals surface area (Å²) in [4.78, 5) is 3.81. The second kappa shape index (κ2) is 2.62. The van der Waals surface area contributed by atoms with Crippen molar-refractivity contribution in [3.05, 3.63) is 24.1 Å². The Morgan fingerprint density at radius 1 is 1.54 bits per heavy atom. The molecule has 0 saturated carbocycles. The second-order valence-electron chi connectivity index (χ2n) is 2.57. The highest BCUT2D eigenvalue weighted by molar-refractivity contribution is 5.52. The number of nitrogen functional groups attached to an aromatic ring is 1. The molecule has 0 aliphatic heterocycles. The minimum absolute atomic E-state index is 0.178. The van der Waals surface area contributed by atoms with Crippen molar-refractivity contribution in [2.45, 2.75) is 0 Å². The third kappa shape index (κ3) is 1.00. The van der Waals surface area contributed by atoms with Crippen molar-refractivity contribution in [3.8, 4) is 5.88 Å². The smallest absolute Gasteiger partial charge is 0.200 e. The molecule has 2 aromatic rings. The van der Waals surface area contributed by atoms with Crippen molar-refractivity contribution in [3.63, 3.8) is 0 Å². The van der Waals surface area contributed by atoms with Crippen LogP contribution in [0.4, 0.5) is 10.2 Å². The first-order valence-electron chi connectivity index (χ1n) is 3.69. The molecule has 13 heavy (non-hydrogen) atoms. The Hall–Kier alpha value is -1.78. The van der Waals surface area contributed by atoms with Crippen molar-refractivity contribution < 1.29 is 9.13 Å². The molecule has 2 heterocycles. The molecule has 0 spiro atoms. The van der Waals surface area contributed by atoms with Gasteiger partial charge >= 0.3 is 0 Å². The van der Waals surface area contributed by atoms with Gasteiger partial charge in [0, 0.05) is 6.07 Å². The summed E-state index contributed by atoms with van der Waals surface area (Å²) in [6.45, 7) is 0. The molecule has 0 aromatic carbocycles. The molecule has 0 aliphatic rings. The van der Waals surface area contributed by atoms with E-state index in [9.17, 15) is 4.39 Å². The third-order valence-electron chi connectivity index (χ3n) is 1.80. The monoisotopic (exact) mass is 181 g/mol. The number of aromatic nitrogens is 2. The number of fused-ring (bicyclic) bond motifs is 1. The van der Waals surface area contributed by atoms with Gasteiger partial charge in [-0.25, -0.2) is 13.8 Å². The number of hydrogen-bond acceptors (Lipinski definition) is 3. The fourth-order valence-corrected chi connectivity index (χ4v) is 1.22. The van der Waals surface area contributed by atoms with Gasteiger partial charge in [-0.05, 0) is 6.07 Å². The van der Waals surface area contributed by atoms with Crippen LogP contribution in [0.5, 0.6) is 5.88 Å². The zero-order valence-electron chi connectivity index (χ0n) is 6.99. The molecule has 4 nitrogen and oxygen atoms in total. The molecule has 2 N–H and O–H groups in total. The van der Waals surface area contributed by atoms with Crippen molar-refractivity contribution >= 4 is 11.5 Å². The number of methoxy groups -OCH3 is 1. The van der Waals surface area contributed by atoms with E-state index in [1.54, 1.807) is 0 Å². The molecule has 0 saturated heterocycles. The largest absolute Gasteiger partial charge is 0.482 e. The Morgan fingerprint density at radius 3 is 3.00 bits per heavy atom. The highest BCUT2D eigenvalue weighted by atomic mass is 19.1. The molecule has 0 aliphatic carbocycles. The first kappa shape index (κ1) is 7.85. The molecule has 68 valence electrons. The minimum Gasteiger partial charge on any atom is -0.482 e. The van der Waals surface area contributed by atoms with E-state index in [-0.39, 0.29) is 5.65 Å². The standard InChI is InChI=1S/C8H8FN3O/c1-13-7-3-2-5(9)8-11-4-6(10)12(7)8/h2-4H,10H2,1H3. The predicted molar refractivity (Wildman–Crippen MR) is 46.1 cm³/mol. The van der Waals surface area contributed by atoms with E-state index in [0.29, 0.717) is 11.7 Å². The van der Waals surface area contributed by atoms with E-state index in [4.69, 9.17) is 10.5 Å². The number of rotatable bonds is 1. The second-order valence-corrected chi connectivity index (χ2v) is 2.57. The maximum Gasteiger partial charge on any atom is 0.200 e. The summed E-state index contributed by atoms with van der Waals surface area (Å²) >= 11 is 0. The van der Waals surface area contributed by atoms with Crippen molar-refractivity contribution in [1.29, 1.82) is 0 Å². The lowest BCUT2D eigenvalue weighted by Crippen LogP contribution is -1.99. The normalized spacial score (nSPS) is 10.6. The topological polar surface area (TPSA) is 52.5 Å². The van der Waals surface area contributed by atoms with Crippen LogP contribution >= 0.6 is 0 Å². The fraction of sp³-hybridized carbons (Fsp3) is 0.125. The lowest BCUT2D eigenvalue weighted by atomic mass is 10.4. The molecular weight excluding hydrogens is 173 g/mol. The average Bonchev–Trinajstić information content (AvgIpc) is 2.51. The molecule has 0 radical (unpaired) electrons. The summed E-state index contributed by atoms with van der Waals surface area (Å²) in [5.41, 5.74) is 5.75. The van der Waals surface area contributed by atoms with E-state index in [2.05, 4.69) is 4.98 Å². The van der Waals surface area contributed by atoms with Gasteiger partial charge in [0.2, 0.25) is 5.88 Å². The highest BCUT2D eigenvalue weighted by Crippen LogP contribution is 2.20. The van der Waals surface area contributed by atoms with Crippen LogP contribution in [0.1, 0.15) is 0 Å². The molecule has 0 atom stereocenters. The van der Waals surface area contributed by atoms with Crippen LogP contribution in [-0.2, 0) is 0 Å². The van der Waals surface area contributed by atoms with Gasteiger partial charge in [0.1, 0.15) is 5.82 Å². The van der Waals surface area contributed by atoms with E-state index in [1.807, 2.05) is 0 Å². The van der Waals surface area contributed by atoms with Crippen LogP contribution in [0.2, 0.25) is 0 Å². The van der Waals surface area contributed by atoms with E-state index < -0.39 is 5.82 Å². The number of pyridine rings is 1. The molecule has 0 fully saturated rings. The third-order valence-corrected chi connectivity index (χ3v) is 1.80. The maximum atomic E-state index is 13.1. The Balaban J connectivity index is 2.88. The van der Waals surface area contributed by atoms with Crippen LogP contribution < -0.4 is 10.5 Å². The zero-order chi connectivity index (χ0) is 9.42. The summed E-state index contributed by atoms with van der Waals surface area (Å²) in [7, 11) is 1.49. The number of ether oxygens (including phenoxy) is 1. The Labute approximate surface area is 73.8 Å². The number of nitrogens with two attached hydrogens (primary N) is 1. The van der Waals surface area contributed by atoms with Gasteiger partial charge in [0.15, 0.2) is 11.5 Å². The van der Waals surface area contributed by atoms with Gasteiger partial charge in [-0.3, -0.25) is 0 Å². The van der Waals surface area contributed by atoms with Crippen molar-refractivity contribution in [1.82, 2.24) is 9.38 Å². The van der Waals surface area contributed by atoms with Crippen LogP contribution in [0.3, 0.4) is 0 Å². The number of nitrogens with zero attached hydrogens (tertiary/aromatic N) is 2. The summed E-state index contributed by atoms with van der Waals surface area (Å²) < 4.78 is 19.5. The van der Waals surface area contributed by atoms with Crippen LogP contribution in [0.25, 0.3) is 5.65 Å². The van der Waals surface area contributed by atoms with Gasteiger partial charge in [-0.2, -0.15) is 0 Å². The molecule has 0 bridgehead atoms. The molecular formula is C8H8FN3O. The van der Waals surface area contributed by atoms with E-state index in [1.165, 1.54) is 29.8 Å². The lowest BCUT2D eigenvalue weighted by Gasteiger charge is -2.04. The van der Waals surface area contributed by atoms with Gasteiger partial charge in [-0.15, -0.1) is 0 Å². The van der Waals surface area contributed by atoms with Gasteiger partial charge in [0.25, 0.3) is 0 Å². The Bertz CT molecular complexity index is 452. The van der Waals surface area contributed by atoms with E-state index >= 15 is 0 Å². The molecule has 2 aromatic heterocycles. The molecule has 0 amide bonds. The van der Waals surface area contributed by atoms with E-state index in [0.717, 1.165) is 0 Å². The number of anilines is 1. The van der Waals surface area contributed by atoms with Crippen LogP contribution in [-0.4, -0.2) is 16.5 Å². The Kier molecular flexibility index (Phi) is 1.58. The summed E-state index contributed by atoms with van der Waals surface area (Å²) in [6, 6.07) is 2.79. The van der Waals surface area contributed by atoms with Gasteiger partial charge in [-0.1, -0.05) is 0 Å². The van der Waals surface area contributed by atoms with Crippen LogP contribution in [0.15, 0.2) is 18.3 Å². The quantitative estimate of drug-likeness (QED) is 0.715. The molecule has 0 unspecified atom stereocenters. The van der Waals surface area contributed by atoms with Crippen molar-refractivity contribution in [2.75, 3.05) is 12.8 Å². The Morgan fingerprint density at radius 2 is 2.31 bits per heavy atom. The number of hydrogen-bond donors (Lipinski definition) is 1. The first-order chi connectivity index (χ1) is 6.24. The molecule has 5 heteroatoms. The predicted octanol–water partition coefficient (Wildman–Crippen LogP) is 1.06. The van der Waals surface area contributed by atoms with Gasteiger partial charge < -0.3 is 10.5 Å². The zero-order valence-corrected chi connectivity index (χ0v) is 6.99. The summed E-state index contributed by atoms with van der Waals surface area (Å²) in [5, 5.41) is 0. The summed E-state index contributed by atoms with van der Waals surface area (Å²) in [6.07, 6.45) is 1.39. The van der Waals surface area contributed by atoms with Crippen molar-refractivity contribution in [2.24, 2.45) is 0 Å². The average molecular weight is 181 g/mol. The fourth-order valence-electron chi connectivity index (χ4n) is 1.22. The van der Waals surface area contributed by atoms with Crippen LogP contribution in [0, 0.1) is 5.82 Å². The maximum absolute atomic E-state index is 13.1. The lowest BCUT2D eigenvalue weighted by molar-refractivity contribution is 0.391. The molecule has 2 rings (SSSR count). The summed E-state index contributed by atoms with van der Waals surface area (Å²) in [5.74, 6) is 0.398. The SMILES string of the molecule is COc1ccc(F)c2ncc(N)n12. The first-order valence-corrected chi connectivity index (χ1v) is 3.69.